The van der Waals surface area contributed by atoms with Gasteiger partial charge in [0.15, 0.2) is 0 Å². The van der Waals surface area contributed by atoms with Gasteiger partial charge in [0, 0.05) is 5.56 Å². The molecule has 92 valence electrons. The number of rotatable bonds is 2. The van der Waals surface area contributed by atoms with Crippen molar-refractivity contribution in [3.8, 4) is 0 Å². The minimum absolute atomic E-state index is 0.161. The summed E-state index contributed by atoms with van der Waals surface area (Å²) in [5.41, 5.74) is 8.08. The zero-order valence-electron chi connectivity index (χ0n) is 10.1. The van der Waals surface area contributed by atoms with Gasteiger partial charge in [0.25, 0.3) is 0 Å². The van der Waals surface area contributed by atoms with E-state index in [1.165, 1.54) is 0 Å². The van der Waals surface area contributed by atoms with E-state index >= 15 is 0 Å². The molecule has 0 fully saturated rings. The normalized spacial score (nSPS) is 19.1. The third-order valence-corrected chi connectivity index (χ3v) is 3.17. The number of nitrogen functional groups attached to an aromatic ring is 1. The number of anilines is 1. The van der Waals surface area contributed by atoms with Gasteiger partial charge in [0.2, 0.25) is 5.95 Å². The van der Waals surface area contributed by atoms with Crippen LogP contribution in [0.3, 0.4) is 0 Å². The molecule has 0 aromatic carbocycles. The van der Waals surface area contributed by atoms with Crippen LogP contribution >= 0.6 is 0 Å². The highest BCUT2D eigenvalue weighted by atomic mass is 16.4. The topological polar surface area (TPSA) is 89.1 Å². The molecule has 5 nitrogen and oxygen atoms in total. The van der Waals surface area contributed by atoms with Gasteiger partial charge in [0.1, 0.15) is 0 Å². The summed E-state index contributed by atoms with van der Waals surface area (Å²) in [7, 11) is 0. The van der Waals surface area contributed by atoms with Crippen molar-refractivity contribution in [3.05, 3.63) is 17.0 Å². The van der Waals surface area contributed by atoms with Gasteiger partial charge < -0.3 is 10.8 Å². The van der Waals surface area contributed by atoms with Gasteiger partial charge in [-0.2, -0.15) is 0 Å². The molecule has 0 saturated heterocycles. The summed E-state index contributed by atoms with van der Waals surface area (Å²) in [5, 5.41) is 9.27. The van der Waals surface area contributed by atoms with Gasteiger partial charge in [-0.3, -0.25) is 4.79 Å². The molecule has 3 N–H and O–H groups in total. The Morgan fingerprint density at radius 3 is 2.76 bits per heavy atom. The molecule has 1 unspecified atom stereocenters. The number of hydrogen-bond acceptors (Lipinski definition) is 4. The van der Waals surface area contributed by atoms with E-state index in [1.54, 1.807) is 0 Å². The lowest BCUT2D eigenvalue weighted by atomic mass is 9.82. The zero-order valence-corrected chi connectivity index (χ0v) is 10.1. The van der Waals surface area contributed by atoms with E-state index in [0.29, 0.717) is 6.42 Å². The molecule has 0 aliphatic heterocycles. The van der Waals surface area contributed by atoms with Crippen molar-refractivity contribution in [1.29, 1.82) is 0 Å². The lowest BCUT2D eigenvalue weighted by Gasteiger charge is -2.25. The Balaban J connectivity index is 2.61. The Morgan fingerprint density at radius 2 is 2.18 bits per heavy atom. The first-order valence-electron chi connectivity index (χ1n) is 5.89. The van der Waals surface area contributed by atoms with Gasteiger partial charge >= 0.3 is 5.97 Å². The third kappa shape index (κ3) is 2.09. The quantitative estimate of drug-likeness (QED) is 0.814. The average molecular weight is 235 g/mol. The molecule has 0 radical (unpaired) electrons. The number of nitrogens with zero attached hydrogens (tertiary/aromatic N) is 2. The van der Waals surface area contributed by atoms with Crippen molar-refractivity contribution in [2.75, 3.05) is 5.73 Å². The van der Waals surface area contributed by atoms with Crippen LogP contribution in [0.5, 0.6) is 0 Å². The minimum atomic E-state index is -0.791. The van der Waals surface area contributed by atoms with E-state index in [9.17, 15) is 9.90 Å². The first-order chi connectivity index (χ1) is 8.00. The van der Waals surface area contributed by atoms with Crippen LogP contribution in [0.1, 0.15) is 55.5 Å². The van der Waals surface area contributed by atoms with E-state index in [2.05, 4.69) is 9.97 Å². The summed E-state index contributed by atoms with van der Waals surface area (Å²) in [6.07, 6.45) is 2.30. The predicted octanol–water partition coefficient (Wildman–Crippen LogP) is 1.69. The predicted molar refractivity (Wildman–Crippen MR) is 63.8 cm³/mol. The molecule has 0 bridgehead atoms. The van der Waals surface area contributed by atoms with Gasteiger partial charge in [-0.15, -0.1) is 0 Å². The maximum atomic E-state index is 11.3. The summed E-state index contributed by atoms with van der Waals surface area (Å²) in [5.74, 6) is -0.856. The zero-order chi connectivity index (χ0) is 12.6. The number of fused-ring (bicyclic) bond motifs is 1. The number of nitrogens with two attached hydrogens (primary N) is 1. The number of hydrogen-bond donors (Lipinski definition) is 2. The summed E-state index contributed by atoms with van der Waals surface area (Å²) >= 11 is 0. The summed E-state index contributed by atoms with van der Waals surface area (Å²) < 4.78 is 0. The lowest BCUT2D eigenvalue weighted by molar-refractivity contribution is -0.139. The smallest absolute Gasteiger partial charge is 0.311 e. The summed E-state index contributed by atoms with van der Waals surface area (Å²) in [6.45, 7) is 3.99. The second kappa shape index (κ2) is 4.31. The molecule has 2 rings (SSSR count). The van der Waals surface area contributed by atoms with E-state index in [-0.39, 0.29) is 11.9 Å². The molecule has 1 atom stereocenters. The van der Waals surface area contributed by atoms with Crippen LogP contribution in [0, 0.1) is 0 Å². The summed E-state index contributed by atoms with van der Waals surface area (Å²) in [6, 6.07) is 0. The van der Waals surface area contributed by atoms with E-state index < -0.39 is 11.9 Å². The third-order valence-electron chi connectivity index (χ3n) is 3.17. The second-order valence-electron chi connectivity index (χ2n) is 4.77. The first-order valence-corrected chi connectivity index (χ1v) is 5.89. The Kier molecular flexibility index (Phi) is 3.00. The maximum absolute atomic E-state index is 11.3. The first kappa shape index (κ1) is 11.8. The Bertz CT molecular complexity index is 457. The number of carboxylic acid groups (broad SMARTS) is 1. The fraction of sp³-hybridized carbons (Fsp3) is 0.583. The van der Waals surface area contributed by atoms with Crippen molar-refractivity contribution in [2.24, 2.45) is 0 Å². The molecule has 1 aromatic heterocycles. The van der Waals surface area contributed by atoms with Crippen molar-refractivity contribution in [3.63, 3.8) is 0 Å². The Hall–Kier alpha value is -1.65. The molecule has 1 aromatic rings. The fourth-order valence-electron chi connectivity index (χ4n) is 2.43. The molecule has 1 aliphatic rings. The van der Waals surface area contributed by atoms with Gasteiger partial charge in [-0.25, -0.2) is 9.97 Å². The highest BCUT2D eigenvalue weighted by molar-refractivity contribution is 5.77. The fourth-order valence-corrected chi connectivity index (χ4v) is 2.43. The molecular weight excluding hydrogens is 218 g/mol. The van der Waals surface area contributed by atoms with Crippen LogP contribution in [-0.4, -0.2) is 21.0 Å². The molecular formula is C12H17N3O2. The Labute approximate surface area is 100 Å². The average Bonchev–Trinajstić information content (AvgIpc) is 2.26. The highest BCUT2D eigenvalue weighted by Crippen LogP contribution is 2.35. The van der Waals surface area contributed by atoms with Crippen molar-refractivity contribution >= 4 is 11.9 Å². The van der Waals surface area contributed by atoms with Gasteiger partial charge in [-0.05, 0) is 25.2 Å². The number of carbonyl (C=O) groups is 1. The monoisotopic (exact) mass is 235 g/mol. The number of carboxylic acids is 1. The van der Waals surface area contributed by atoms with Crippen molar-refractivity contribution in [1.82, 2.24) is 9.97 Å². The summed E-state index contributed by atoms with van der Waals surface area (Å²) in [4.78, 5) is 19.7. The number of aliphatic carboxylic acids is 1. The number of aromatic nitrogens is 2. The largest absolute Gasteiger partial charge is 0.481 e. The van der Waals surface area contributed by atoms with Crippen LogP contribution in [0.2, 0.25) is 0 Å². The van der Waals surface area contributed by atoms with Crippen LogP contribution in [0.4, 0.5) is 5.95 Å². The molecule has 0 saturated carbocycles. The van der Waals surface area contributed by atoms with E-state index in [4.69, 9.17) is 5.73 Å². The number of aryl methyl sites for hydroxylation is 1. The van der Waals surface area contributed by atoms with Crippen molar-refractivity contribution < 1.29 is 9.90 Å². The minimum Gasteiger partial charge on any atom is -0.481 e. The molecule has 0 amide bonds. The molecule has 0 spiro atoms. The maximum Gasteiger partial charge on any atom is 0.311 e. The van der Waals surface area contributed by atoms with Gasteiger partial charge in [-0.1, -0.05) is 13.8 Å². The standard InChI is InChI=1S/C12H17N3O2/c1-6(2)10-9-7(11(16)17)4-3-5-8(9)14-12(13)15-10/h6-7H,3-5H2,1-2H3,(H,16,17)(H2,13,14,15). The van der Waals surface area contributed by atoms with E-state index in [1.807, 2.05) is 13.8 Å². The van der Waals surface area contributed by atoms with E-state index in [0.717, 1.165) is 29.8 Å². The molecule has 5 heteroatoms. The second-order valence-corrected chi connectivity index (χ2v) is 4.77. The molecule has 1 aliphatic carbocycles. The SMILES string of the molecule is CC(C)c1nc(N)nc2c1C(C(=O)O)CCC2. The highest BCUT2D eigenvalue weighted by Gasteiger charge is 2.31. The lowest BCUT2D eigenvalue weighted by Crippen LogP contribution is -2.23. The van der Waals surface area contributed by atoms with Crippen LogP contribution < -0.4 is 5.73 Å². The van der Waals surface area contributed by atoms with Crippen LogP contribution in [0.15, 0.2) is 0 Å². The van der Waals surface area contributed by atoms with Gasteiger partial charge in [0.05, 0.1) is 17.3 Å². The van der Waals surface area contributed by atoms with Crippen molar-refractivity contribution in [2.45, 2.75) is 44.9 Å². The van der Waals surface area contributed by atoms with Crippen LogP contribution in [0.25, 0.3) is 0 Å². The Morgan fingerprint density at radius 1 is 1.47 bits per heavy atom. The molecule has 17 heavy (non-hydrogen) atoms. The molecule has 1 heterocycles. The van der Waals surface area contributed by atoms with Crippen LogP contribution in [-0.2, 0) is 11.2 Å².